The van der Waals surface area contributed by atoms with Gasteiger partial charge in [-0.3, -0.25) is 4.79 Å². The third kappa shape index (κ3) is 3.86. The molecular formula is C23H23NO3S. The molecule has 0 fully saturated rings. The summed E-state index contributed by atoms with van der Waals surface area (Å²) in [7, 11) is 0. The lowest BCUT2D eigenvalue weighted by Crippen LogP contribution is -2.39. The van der Waals surface area contributed by atoms with Crippen molar-refractivity contribution >= 4 is 12.6 Å². The molecule has 144 valence electrons. The van der Waals surface area contributed by atoms with Crippen molar-refractivity contribution in [2.24, 2.45) is 0 Å². The van der Waals surface area contributed by atoms with Crippen LogP contribution in [0.1, 0.15) is 31.1 Å². The highest BCUT2D eigenvalue weighted by Crippen LogP contribution is 2.41. The fourth-order valence-electron chi connectivity index (χ4n) is 3.56. The van der Waals surface area contributed by atoms with E-state index in [2.05, 4.69) is 56.0 Å². The van der Waals surface area contributed by atoms with E-state index < -0.39 is 5.79 Å². The lowest BCUT2D eigenvalue weighted by Gasteiger charge is -2.38. The summed E-state index contributed by atoms with van der Waals surface area (Å²) in [5, 5.41) is 0. The van der Waals surface area contributed by atoms with E-state index in [1.807, 2.05) is 19.9 Å². The molecule has 1 atom stereocenters. The molecule has 5 heteroatoms. The average molecular weight is 394 g/mol. The number of ether oxygens (including phenoxy) is 2. The molecular weight excluding hydrogens is 370 g/mol. The Balaban J connectivity index is 1.73. The van der Waals surface area contributed by atoms with E-state index in [0.717, 1.165) is 27.3 Å². The van der Waals surface area contributed by atoms with Crippen LogP contribution in [0, 0.1) is 6.92 Å². The fraction of sp³-hybridized carbons (Fsp3) is 0.261. The van der Waals surface area contributed by atoms with Gasteiger partial charge < -0.3 is 14.0 Å². The zero-order valence-corrected chi connectivity index (χ0v) is 17.1. The summed E-state index contributed by atoms with van der Waals surface area (Å²) in [6.07, 6.45) is 1.44. The highest BCUT2D eigenvalue weighted by molar-refractivity contribution is 7.80. The molecule has 4 nitrogen and oxygen atoms in total. The Bertz CT molecular complexity index is 1090. The molecule has 0 bridgehead atoms. The van der Waals surface area contributed by atoms with Gasteiger partial charge in [0.15, 0.2) is 0 Å². The minimum atomic E-state index is -0.787. The Kier molecular flexibility index (Phi) is 4.81. The van der Waals surface area contributed by atoms with Gasteiger partial charge in [0.25, 0.3) is 5.56 Å². The summed E-state index contributed by atoms with van der Waals surface area (Å²) >= 11 is 4.35. The van der Waals surface area contributed by atoms with Gasteiger partial charge in [0.2, 0.25) is 5.79 Å². The van der Waals surface area contributed by atoms with E-state index in [-0.39, 0.29) is 11.7 Å². The molecule has 0 spiro atoms. The van der Waals surface area contributed by atoms with Gasteiger partial charge in [-0.25, -0.2) is 0 Å². The van der Waals surface area contributed by atoms with Crippen LogP contribution >= 0.6 is 12.6 Å². The van der Waals surface area contributed by atoms with Gasteiger partial charge in [0.1, 0.15) is 11.9 Å². The highest BCUT2D eigenvalue weighted by atomic mass is 32.1. The standard InChI is InChI=1S/C23H23NO3S/c1-15-5-4-6-16(11-15)17-7-9-19-20(12-17)26-23(2,3)27-21(19)14-24-13-18(28)8-10-22(24)25/h4-13,21,28H,14H2,1-3H3. The zero-order chi connectivity index (χ0) is 19.9. The van der Waals surface area contributed by atoms with Crippen molar-refractivity contribution in [1.82, 2.24) is 4.57 Å². The molecule has 3 aromatic rings. The molecule has 2 heterocycles. The van der Waals surface area contributed by atoms with Gasteiger partial charge in [0.05, 0.1) is 6.54 Å². The first-order valence-corrected chi connectivity index (χ1v) is 9.73. The Morgan fingerprint density at radius 2 is 1.86 bits per heavy atom. The third-order valence-corrected chi connectivity index (χ3v) is 5.09. The maximum absolute atomic E-state index is 12.2. The van der Waals surface area contributed by atoms with E-state index in [4.69, 9.17) is 9.47 Å². The van der Waals surface area contributed by atoms with Gasteiger partial charge in [-0.2, -0.15) is 0 Å². The van der Waals surface area contributed by atoms with Crippen LogP contribution in [-0.2, 0) is 11.3 Å². The van der Waals surface area contributed by atoms with Crippen LogP contribution in [0.15, 0.2) is 70.5 Å². The Labute approximate surface area is 170 Å². The lowest BCUT2D eigenvalue weighted by atomic mass is 9.98. The van der Waals surface area contributed by atoms with Crippen molar-refractivity contribution < 1.29 is 9.47 Å². The average Bonchev–Trinajstić information content (AvgIpc) is 2.63. The molecule has 4 rings (SSSR count). The number of fused-ring (bicyclic) bond motifs is 1. The molecule has 1 aliphatic rings. The molecule has 0 saturated carbocycles. The largest absolute Gasteiger partial charge is 0.463 e. The van der Waals surface area contributed by atoms with Gasteiger partial charge >= 0.3 is 0 Å². The molecule has 2 aromatic carbocycles. The lowest BCUT2D eigenvalue weighted by molar-refractivity contribution is -0.210. The number of aromatic nitrogens is 1. The first-order valence-electron chi connectivity index (χ1n) is 9.28. The summed E-state index contributed by atoms with van der Waals surface area (Å²) in [5.74, 6) is 0.000716. The minimum absolute atomic E-state index is 0.0800. The second kappa shape index (κ2) is 7.15. The van der Waals surface area contributed by atoms with Gasteiger partial charge in [-0.1, -0.05) is 42.0 Å². The number of rotatable bonds is 3. The number of aryl methyl sites for hydroxylation is 1. The summed E-state index contributed by atoms with van der Waals surface area (Å²) in [6.45, 7) is 6.26. The molecule has 28 heavy (non-hydrogen) atoms. The number of hydrogen-bond donors (Lipinski definition) is 1. The Morgan fingerprint density at radius 3 is 2.64 bits per heavy atom. The quantitative estimate of drug-likeness (QED) is 0.637. The van der Waals surface area contributed by atoms with Crippen LogP contribution in [0.2, 0.25) is 0 Å². The van der Waals surface area contributed by atoms with Crippen molar-refractivity contribution in [2.75, 3.05) is 0 Å². The first kappa shape index (κ1) is 18.8. The first-order chi connectivity index (χ1) is 13.3. The predicted molar refractivity (Wildman–Crippen MR) is 113 cm³/mol. The molecule has 1 unspecified atom stereocenters. The molecule has 0 radical (unpaired) electrons. The summed E-state index contributed by atoms with van der Waals surface area (Å²) in [4.78, 5) is 13.0. The summed E-state index contributed by atoms with van der Waals surface area (Å²) in [5.41, 5.74) is 4.30. The van der Waals surface area contributed by atoms with E-state index in [1.54, 1.807) is 16.8 Å². The Hall–Kier alpha value is -2.50. The SMILES string of the molecule is Cc1cccc(-c2ccc3c(c2)OC(C)(C)OC3Cn2cc(S)ccc2=O)c1. The van der Waals surface area contributed by atoms with Crippen LogP contribution in [0.4, 0.5) is 0 Å². The number of hydrogen-bond acceptors (Lipinski definition) is 4. The minimum Gasteiger partial charge on any atom is -0.463 e. The van der Waals surface area contributed by atoms with Crippen LogP contribution in [0.25, 0.3) is 11.1 Å². The van der Waals surface area contributed by atoms with E-state index in [0.29, 0.717) is 6.54 Å². The van der Waals surface area contributed by atoms with Gasteiger partial charge in [-0.05, 0) is 30.2 Å². The second-order valence-corrected chi connectivity index (χ2v) is 8.12. The topological polar surface area (TPSA) is 40.5 Å². The number of benzene rings is 2. The molecule has 1 aliphatic heterocycles. The highest BCUT2D eigenvalue weighted by Gasteiger charge is 2.34. The fourth-order valence-corrected chi connectivity index (χ4v) is 3.78. The normalized spacial score (nSPS) is 17.6. The molecule has 1 aromatic heterocycles. The van der Waals surface area contributed by atoms with Gasteiger partial charge in [-0.15, -0.1) is 12.6 Å². The van der Waals surface area contributed by atoms with Crippen molar-refractivity contribution in [3.05, 3.63) is 82.3 Å². The van der Waals surface area contributed by atoms with Crippen molar-refractivity contribution in [3.8, 4) is 16.9 Å². The van der Waals surface area contributed by atoms with Crippen LogP contribution in [0.5, 0.6) is 5.75 Å². The zero-order valence-electron chi connectivity index (χ0n) is 16.2. The third-order valence-electron chi connectivity index (χ3n) is 4.82. The second-order valence-electron chi connectivity index (χ2n) is 7.61. The predicted octanol–water partition coefficient (Wildman–Crippen LogP) is 5.00. The maximum atomic E-state index is 12.2. The number of thiol groups is 1. The van der Waals surface area contributed by atoms with E-state index in [9.17, 15) is 4.79 Å². The van der Waals surface area contributed by atoms with E-state index in [1.165, 1.54) is 11.6 Å². The monoisotopic (exact) mass is 393 g/mol. The van der Waals surface area contributed by atoms with Crippen LogP contribution < -0.4 is 10.3 Å². The van der Waals surface area contributed by atoms with Crippen molar-refractivity contribution in [2.45, 2.75) is 44.1 Å². The van der Waals surface area contributed by atoms with E-state index >= 15 is 0 Å². The number of nitrogens with zero attached hydrogens (tertiary/aromatic N) is 1. The number of pyridine rings is 1. The maximum Gasteiger partial charge on any atom is 0.250 e. The van der Waals surface area contributed by atoms with Crippen LogP contribution in [-0.4, -0.2) is 10.4 Å². The van der Waals surface area contributed by atoms with Crippen molar-refractivity contribution in [1.29, 1.82) is 0 Å². The molecule has 0 amide bonds. The van der Waals surface area contributed by atoms with Crippen LogP contribution in [0.3, 0.4) is 0 Å². The summed E-state index contributed by atoms with van der Waals surface area (Å²) < 4.78 is 13.9. The van der Waals surface area contributed by atoms with Gasteiger partial charge in [0, 0.05) is 36.6 Å². The Morgan fingerprint density at radius 1 is 1.07 bits per heavy atom. The smallest absolute Gasteiger partial charge is 0.250 e. The van der Waals surface area contributed by atoms with Crippen molar-refractivity contribution in [3.63, 3.8) is 0 Å². The summed E-state index contributed by atoms with van der Waals surface area (Å²) in [6, 6.07) is 17.8. The molecule has 0 aliphatic carbocycles. The molecule has 0 saturated heterocycles. The molecule has 0 N–H and O–H groups in total.